The fourth-order valence-corrected chi connectivity index (χ4v) is 3.91. The second kappa shape index (κ2) is 6.76. The van der Waals surface area contributed by atoms with Crippen LogP contribution in [0.1, 0.15) is 23.1 Å². The molecule has 1 aliphatic carbocycles. The second-order valence-electron chi connectivity index (χ2n) is 7.31. The number of carbonyl (C=O) groups excluding carboxylic acids is 1. The molecule has 6 nitrogen and oxygen atoms in total. The van der Waals surface area contributed by atoms with Crippen LogP contribution in [0.15, 0.2) is 21.3 Å². The van der Waals surface area contributed by atoms with Crippen molar-refractivity contribution in [3.8, 4) is 5.75 Å². The molecule has 6 heteroatoms. The minimum absolute atomic E-state index is 0.00165. The van der Waals surface area contributed by atoms with Gasteiger partial charge in [0.2, 0.25) is 0 Å². The van der Waals surface area contributed by atoms with Gasteiger partial charge in [0.05, 0.1) is 5.39 Å². The summed E-state index contributed by atoms with van der Waals surface area (Å²) in [5.41, 5.74) is 3.04. The molecule has 1 fully saturated rings. The molecule has 2 aliphatic rings. The quantitative estimate of drug-likeness (QED) is 0.784. The maximum absolute atomic E-state index is 12.5. The fourth-order valence-electron chi connectivity index (χ4n) is 3.91. The van der Waals surface area contributed by atoms with Crippen molar-refractivity contribution in [1.29, 1.82) is 0 Å². The van der Waals surface area contributed by atoms with E-state index in [0.717, 1.165) is 67.5 Å². The number of hydrogen-bond acceptors (Lipinski definition) is 5. The summed E-state index contributed by atoms with van der Waals surface area (Å²) in [7, 11) is 2.06. The number of benzene rings is 1. The minimum atomic E-state index is -0.241. The zero-order valence-corrected chi connectivity index (χ0v) is 15.3. The Morgan fingerprint density at radius 2 is 1.88 bits per heavy atom. The molecule has 0 spiro atoms. The van der Waals surface area contributed by atoms with Gasteiger partial charge in [0.1, 0.15) is 11.3 Å². The van der Waals surface area contributed by atoms with Crippen molar-refractivity contribution in [3.05, 3.63) is 39.2 Å². The number of ether oxygens (including phenoxy) is 1. The van der Waals surface area contributed by atoms with Gasteiger partial charge in [-0.3, -0.25) is 4.79 Å². The van der Waals surface area contributed by atoms with Gasteiger partial charge in [-0.15, -0.1) is 0 Å². The van der Waals surface area contributed by atoms with Crippen LogP contribution in [0.3, 0.4) is 0 Å². The zero-order chi connectivity index (χ0) is 18.3. The summed E-state index contributed by atoms with van der Waals surface area (Å²) in [4.78, 5) is 28.7. The normalized spacial score (nSPS) is 17.5. The summed E-state index contributed by atoms with van der Waals surface area (Å²) in [6, 6.07) is 3.79. The van der Waals surface area contributed by atoms with Crippen molar-refractivity contribution in [2.45, 2.75) is 26.2 Å². The van der Waals surface area contributed by atoms with Crippen LogP contribution in [0.25, 0.3) is 11.0 Å². The standard InChI is InChI=1S/C20H24N2O4/c1-13-10-16(25-12-18(23)22-8-6-21(2)7-9-22)19-14-4-3-5-15(14)20(24)26-17(19)11-13/h10-11H,3-9,12H2,1-2H3. The number of amides is 1. The van der Waals surface area contributed by atoms with Gasteiger partial charge in [-0.1, -0.05) is 0 Å². The third-order valence-corrected chi connectivity index (χ3v) is 5.39. The van der Waals surface area contributed by atoms with Crippen molar-refractivity contribution in [2.75, 3.05) is 39.8 Å². The molecule has 26 heavy (non-hydrogen) atoms. The maximum atomic E-state index is 12.5. The van der Waals surface area contributed by atoms with Gasteiger partial charge < -0.3 is 19.0 Å². The number of nitrogens with zero attached hydrogens (tertiary/aromatic N) is 2. The van der Waals surface area contributed by atoms with E-state index >= 15 is 0 Å². The van der Waals surface area contributed by atoms with E-state index in [9.17, 15) is 9.59 Å². The number of likely N-dealkylation sites (N-methyl/N-ethyl adjacent to an activating group) is 1. The van der Waals surface area contributed by atoms with Crippen LogP contribution in [0, 0.1) is 6.92 Å². The van der Waals surface area contributed by atoms with Crippen LogP contribution in [-0.2, 0) is 17.6 Å². The van der Waals surface area contributed by atoms with E-state index in [1.165, 1.54) is 0 Å². The van der Waals surface area contributed by atoms with Gasteiger partial charge in [0, 0.05) is 31.7 Å². The number of rotatable bonds is 3. The van der Waals surface area contributed by atoms with Crippen LogP contribution in [0.4, 0.5) is 0 Å². The molecule has 2 aromatic rings. The summed E-state index contributed by atoms with van der Waals surface area (Å²) in [5.74, 6) is 0.645. The minimum Gasteiger partial charge on any atom is -0.483 e. The van der Waals surface area contributed by atoms with E-state index < -0.39 is 0 Å². The van der Waals surface area contributed by atoms with E-state index in [1.54, 1.807) is 0 Å². The number of fused-ring (bicyclic) bond motifs is 3. The van der Waals surface area contributed by atoms with Crippen molar-refractivity contribution in [1.82, 2.24) is 9.80 Å². The first-order valence-corrected chi connectivity index (χ1v) is 9.21. The molecular formula is C20H24N2O4. The Morgan fingerprint density at radius 3 is 2.65 bits per heavy atom. The third-order valence-electron chi connectivity index (χ3n) is 5.39. The summed E-state index contributed by atoms with van der Waals surface area (Å²) in [5, 5.41) is 0.855. The Labute approximate surface area is 152 Å². The Balaban J connectivity index is 1.61. The topological polar surface area (TPSA) is 63.0 Å². The third kappa shape index (κ3) is 3.09. The van der Waals surface area contributed by atoms with Crippen molar-refractivity contribution < 1.29 is 13.9 Å². The number of hydrogen-bond donors (Lipinski definition) is 0. The van der Waals surface area contributed by atoms with Crippen LogP contribution < -0.4 is 10.4 Å². The average Bonchev–Trinajstić information content (AvgIpc) is 3.10. The molecule has 1 aliphatic heterocycles. The highest BCUT2D eigenvalue weighted by atomic mass is 16.5. The highest BCUT2D eigenvalue weighted by Crippen LogP contribution is 2.35. The first-order valence-electron chi connectivity index (χ1n) is 9.21. The lowest BCUT2D eigenvalue weighted by Gasteiger charge is -2.32. The molecule has 2 heterocycles. The number of aryl methyl sites for hydroxylation is 2. The molecule has 0 radical (unpaired) electrons. The Morgan fingerprint density at radius 1 is 1.15 bits per heavy atom. The predicted octanol–water partition coefficient (Wildman–Crippen LogP) is 1.74. The van der Waals surface area contributed by atoms with Crippen molar-refractivity contribution >= 4 is 16.9 Å². The molecule has 1 amide bonds. The molecule has 0 N–H and O–H groups in total. The highest BCUT2D eigenvalue weighted by Gasteiger charge is 2.24. The molecule has 0 atom stereocenters. The first-order chi connectivity index (χ1) is 12.5. The van der Waals surface area contributed by atoms with Crippen LogP contribution in [0.5, 0.6) is 5.75 Å². The lowest BCUT2D eigenvalue weighted by atomic mass is 10.0. The summed E-state index contributed by atoms with van der Waals surface area (Å²) < 4.78 is 11.5. The summed E-state index contributed by atoms with van der Waals surface area (Å²) in [6.07, 6.45) is 2.55. The maximum Gasteiger partial charge on any atom is 0.339 e. The number of piperazine rings is 1. The molecule has 1 aromatic heterocycles. The fraction of sp³-hybridized carbons (Fsp3) is 0.500. The van der Waals surface area contributed by atoms with Gasteiger partial charge in [-0.05, 0) is 56.5 Å². The summed E-state index contributed by atoms with van der Waals surface area (Å²) in [6.45, 7) is 5.18. The van der Waals surface area contributed by atoms with Crippen LogP contribution in [-0.4, -0.2) is 55.5 Å². The zero-order valence-electron chi connectivity index (χ0n) is 15.3. The van der Waals surface area contributed by atoms with Gasteiger partial charge in [-0.2, -0.15) is 0 Å². The molecule has 0 saturated carbocycles. The van der Waals surface area contributed by atoms with E-state index in [4.69, 9.17) is 9.15 Å². The molecule has 1 saturated heterocycles. The largest absolute Gasteiger partial charge is 0.483 e. The van der Waals surface area contributed by atoms with E-state index in [2.05, 4.69) is 11.9 Å². The van der Waals surface area contributed by atoms with Gasteiger partial charge in [0.25, 0.3) is 5.91 Å². The average molecular weight is 356 g/mol. The SMILES string of the molecule is Cc1cc(OCC(=O)N2CCN(C)CC2)c2c3c(c(=O)oc2c1)CCC3. The van der Waals surface area contributed by atoms with Crippen molar-refractivity contribution in [3.63, 3.8) is 0 Å². The lowest BCUT2D eigenvalue weighted by molar-refractivity contribution is -0.134. The van der Waals surface area contributed by atoms with E-state index in [-0.39, 0.29) is 18.1 Å². The molecule has 0 bridgehead atoms. The van der Waals surface area contributed by atoms with Gasteiger partial charge >= 0.3 is 5.63 Å². The lowest BCUT2D eigenvalue weighted by Crippen LogP contribution is -2.48. The molecular weight excluding hydrogens is 332 g/mol. The van der Waals surface area contributed by atoms with Crippen molar-refractivity contribution in [2.24, 2.45) is 0 Å². The Bertz CT molecular complexity index is 910. The second-order valence-corrected chi connectivity index (χ2v) is 7.31. The highest BCUT2D eigenvalue weighted by molar-refractivity contribution is 5.89. The molecule has 0 unspecified atom stereocenters. The van der Waals surface area contributed by atoms with E-state index in [1.807, 2.05) is 24.0 Å². The molecule has 4 rings (SSSR count). The smallest absolute Gasteiger partial charge is 0.339 e. The van der Waals surface area contributed by atoms with E-state index in [0.29, 0.717) is 11.3 Å². The predicted molar refractivity (Wildman–Crippen MR) is 98.8 cm³/mol. The number of carbonyl (C=O) groups is 1. The summed E-state index contributed by atoms with van der Waals surface area (Å²) >= 11 is 0. The van der Waals surface area contributed by atoms with Crippen LogP contribution >= 0.6 is 0 Å². The molecule has 138 valence electrons. The van der Waals surface area contributed by atoms with Gasteiger partial charge in [0.15, 0.2) is 6.61 Å². The van der Waals surface area contributed by atoms with Gasteiger partial charge in [-0.25, -0.2) is 4.79 Å². The van der Waals surface area contributed by atoms with Crippen LogP contribution in [0.2, 0.25) is 0 Å². The first kappa shape index (κ1) is 17.1. The Hall–Kier alpha value is -2.34. The monoisotopic (exact) mass is 356 g/mol. The Kier molecular flexibility index (Phi) is 4.44. The molecule has 1 aromatic carbocycles.